The zero-order valence-electron chi connectivity index (χ0n) is 19.4. The van der Waals surface area contributed by atoms with E-state index in [0.29, 0.717) is 36.2 Å². The Morgan fingerprint density at radius 1 is 1.09 bits per heavy atom. The van der Waals surface area contributed by atoms with Crippen LogP contribution in [0.4, 0.5) is 5.69 Å². The first-order valence-electron chi connectivity index (χ1n) is 11.8. The first kappa shape index (κ1) is 21.8. The minimum atomic E-state index is -0.389. The fraction of sp³-hybridized carbons (Fsp3) is 0.462. The molecule has 2 aromatic rings. The summed E-state index contributed by atoms with van der Waals surface area (Å²) in [4.78, 5) is 20.6. The average Bonchev–Trinajstić information content (AvgIpc) is 3.50. The van der Waals surface area contributed by atoms with E-state index in [1.165, 1.54) is 18.4 Å². The van der Waals surface area contributed by atoms with Crippen molar-refractivity contribution in [2.24, 2.45) is 4.99 Å². The number of hydrogen-bond donors (Lipinski definition) is 2. The number of aliphatic imine (C=N–C) groups is 1. The van der Waals surface area contributed by atoms with Crippen molar-refractivity contribution in [1.82, 2.24) is 10.2 Å². The Bertz CT molecular complexity index is 1040. The Balaban J connectivity index is 1.44. The van der Waals surface area contributed by atoms with Crippen molar-refractivity contribution in [1.29, 1.82) is 0 Å². The predicted molar refractivity (Wildman–Crippen MR) is 129 cm³/mol. The van der Waals surface area contributed by atoms with Crippen LogP contribution in [0.25, 0.3) is 0 Å². The molecule has 2 N–H and O–H groups in total. The summed E-state index contributed by atoms with van der Waals surface area (Å²) in [5.41, 5.74) is 2.50. The molecule has 1 amide bonds. The Morgan fingerprint density at radius 3 is 2.55 bits per heavy atom. The van der Waals surface area contributed by atoms with Crippen molar-refractivity contribution >= 4 is 17.4 Å². The fourth-order valence-corrected chi connectivity index (χ4v) is 5.20. The van der Waals surface area contributed by atoms with Gasteiger partial charge in [-0.1, -0.05) is 31.0 Å². The van der Waals surface area contributed by atoms with Gasteiger partial charge in [0.15, 0.2) is 0 Å². The number of fused-ring (bicyclic) bond motifs is 1. The van der Waals surface area contributed by atoms with E-state index in [9.17, 15) is 4.79 Å². The molecular formula is C26H32N4O3. The number of amidine groups is 1. The zero-order valence-corrected chi connectivity index (χ0v) is 19.4. The second kappa shape index (κ2) is 9.06. The van der Waals surface area contributed by atoms with Gasteiger partial charge in [-0.15, -0.1) is 0 Å². The molecule has 5 rings (SSSR count). The normalized spacial score (nSPS) is 23.9. The highest BCUT2D eigenvalue weighted by molar-refractivity contribution is 6.05. The summed E-state index contributed by atoms with van der Waals surface area (Å²) in [6, 6.07) is 14.1. The fourth-order valence-electron chi connectivity index (χ4n) is 5.20. The summed E-state index contributed by atoms with van der Waals surface area (Å²) in [5.74, 6) is 2.17. The monoisotopic (exact) mass is 448 g/mol. The van der Waals surface area contributed by atoms with Gasteiger partial charge in [-0.05, 0) is 43.0 Å². The third-order valence-corrected chi connectivity index (χ3v) is 7.13. The minimum absolute atomic E-state index is 0.0205. The van der Waals surface area contributed by atoms with Crippen molar-refractivity contribution in [2.45, 2.75) is 50.2 Å². The Hall–Kier alpha value is -3.06. The quantitative estimate of drug-likeness (QED) is 0.743. The molecule has 0 bridgehead atoms. The Morgan fingerprint density at radius 2 is 1.82 bits per heavy atom. The van der Waals surface area contributed by atoms with Gasteiger partial charge < -0.3 is 19.7 Å². The van der Waals surface area contributed by atoms with E-state index < -0.39 is 0 Å². The number of methoxy groups -OCH3 is 2. The number of ether oxygens (including phenoxy) is 2. The van der Waals surface area contributed by atoms with Crippen molar-refractivity contribution in [2.75, 3.05) is 32.6 Å². The largest absolute Gasteiger partial charge is 0.497 e. The third kappa shape index (κ3) is 4.29. The second-order valence-electron chi connectivity index (χ2n) is 9.21. The van der Waals surface area contributed by atoms with Gasteiger partial charge in [0, 0.05) is 37.0 Å². The number of benzene rings is 2. The number of para-hydroxylation sites is 1. The highest BCUT2D eigenvalue weighted by Crippen LogP contribution is 2.33. The van der Waals surface area contributed by atoms with Crippen LogP contribution < -0.4 is 20.1 Å². The lowest BCUT2D eigenvalue weighted by atomic mass is 9.96. The van der Waals surface area contributed by atoms with Crippen LogP contribution in [0.3, 0.4) is 0 Å². The van der Waals surface area contributed by atoms with Gasteiger partial charge in [0.1, 0.15) is 17.3 Å². The van der Waals surface area contributed by atoms with Crippen LogP contribution in [0.1, 0.15) is 48.0 Å². The lowest BCUT2D eigenvalue weighted by molar-refractivity contribution is 0.0785. The molecule has 1 saturated carbocycles. The van der Waals surface area contributed by atoms with E-state index in [4.69, 9.17) is 14.5 Å². The number of carbonyl (C=O) groups excluding carboxylic acids is 1. The van der Waals surface area contributed by atoms with Gasteiger partial charge in [0.05, 0.1) is 25.8 Å². The number of rotatable bonds is 4. The van der Waals surface area contributed by atoms with Crippen LogP contribution in [0, 0.1) is 0 Å². The number of nitrogens with zero attached hydrogens (tertiary/aromatic N) is 2. The van der Waals surface area contributed by atoms with Crippen LogP contribution in [-0.2, 0) is 6.54 Å². The highest BCUT2D eigenvalue weighted by Gasteiger charge is 2.46. The summed E-state index contributed by atoms with van der Waals surface area (Å²) in [6.07, 6.45) is 5.55. The average molecular weight is 449 g/mol. The van der Waals surface area contributed by atoms with Gasteiger partial charge in [-0.25, -0.2) is 0 Å². The molecule has 0 radical (unpaired) electrons. The molecule has 2 aliphatic heterocycles. The summed E-state index contributed by atoms with van der Waals surface area (Å²) in [7, 11) is 3.19. The van der Waals surface area contributed by atoms with Gasteiger partial charge in [0.2, 0.25) is 0 Å². The number of anilines is 1. The van der Waals surface area contributed by atoms with E-state index >= 15 is 0 Å². The lowest BCUT2D eigenvalue weighted by Gasteiger charge is -2.31. The summed E-state index contributed by atoms with van der Waals surface area (Å²) >= 11 is 0. The van der Waals surface area contributed by atoms with Crippen LogP contribution in [0.2, 0.25) is 0 Å². The molecule has 174 valence electrons. The summed E-state index contributed by atoms with van der Waals surface area (Å²) < 4.78 is 10.7. The van der Waals surface area contributed by atoms with Gasteiger partial charge in [0.25, 0.3) is 5.91 Å². The van der Waals surface area contributed by atoms with Crippen molar-refractivity contribution in [3.05, 3.63) is 53.6 Å². The minimum Gasteiger partial charge on any atom is -0.497 e. The predicted octanol–water partition coefficient (Wildman–Crippen LogP) is 3.84. The summed E-state index contributed by atoms with van der Waals surface area (Å²) in [5, 5.41) is 7.45. The van der Waals surface area contributed by atoms with Gasteiger partial charge >= 0.3 is 0 Å². The van der Waals surface area contributed by atoms with Crippen LogP contribution >= 0.6 is 0 Å². The third-order valence-electron chi connectivity index (χ3n) is 7.13. The first-order chi connectivity index (χ1) is 16.1. The molecule has 2 fully saturated rings. The van der Waals surface area contributed by atoms with Crippen LogP contribution in [0.5, 0.6) is 11.5 Å². The maximum Gasteiger partial charge on any atom is 0.254 e. The molecule has 7 heteroatoms. The lowest BCUT2D eigenvalue weighted by Crippen LogP contribution is -2.55. The van der Waals surface area contributed by atoms with Crippen molar-refractivity contribution in [3.63, 3.8) is 0 Å². The van der Waals surface area contributed by atoms with Crippen molar-refractivity contribution in [3.8, 4) is 11.5 Å². The molecule has 1 saturated heterocycles. The number of amides is 1. The van der Waals surface area contributed by atoms with Gasteiger partial charge in [-0.3, -0.25) is 15.1 Å². The number of carbonyl (C=O) groups is 1. The molecule has 33 heavy (non-hydrogen) atoms. The number of hydrogen-bond acceptors (Lipinski definition) is 5. The second-order valence-corrected chi connectivity index (χ2v) is 9.21. The smallest absolute Gasteiger partial charge is 0.254 e. The molecule has 2 aromatic carbocycles. The van der Waals surface area contributed by atoms with Crippen LogP contribution in [-0.4, -0.2) is 55.5 Å². The maximum absolute atomic E-state index is 13.5. The van der Waals surface area contributed by atoms with E-state index in [2.05, 4.69) is 34.9 Å². The van der Waals surface area contributed by atoms with Gasteiger partial charge in [-0.2, -0.15) is 0 Å². The van der Waals surface area contributed by atoms with Crippen LogP contribution in [0.15, 0.2) is 47.5 Å². The molecule has 0 aromatic heterocycles. The number of nitrogens with one attached hydrogen (secondary N) is 2. The number of likely N-dealkylation sites (tertiary alicyclic amines) is 1. The topological polar surface area (TPSA) is 75.2 Å². The molecular weight excluding hydrogens is 416 g/mol. The Labute approximate surface area is 195 Å². The standard InChI is InChI=1S/C26H32N4O3/c1-32-21-13-19(14-22(15-21)33-2)24(31)30-12-11-26(17-30)25(28-20-8-4-5-9-20)29-23-10-6-3-7-18(23)16-27-26/h3,6-7,10,13-15,20,27H,4-5,8-9,11-12,16-17H2,1-2H3,(H,28,29). The van der Waals surface area contributed by atoms with E-state index in [1.807, 2.05) is 4.90 Å². The Kier molecular flexibility index (Phi) is 5.98. The molecule has 2 heterocycles. The van der Waals surface area contributed by atoms with E-state index in [-0.39, 0.29) is 11.4 Å². The molecule has 1 aliphatic carbocycles. The highest BCUT2D eigenvalue weighted by atomic mass is 16.5. The molecule has 3 aliphatic rings. The van der Waals surface area contributed by atoms with E-state index in [0.717, 1.165) is 37.3 Å². The molecule has 1 atom stereocenters. The van der Waals surface area contributed by atoms with Crippen molar-refractivity contribution < 1.29 is 14.3 Å². The maximum atomic E-state index is 13.5. The van der Waals surface area contributed by atoms with E-state index in [1.54, 1.807) is 32.4 Å². The molecule has 1 spiro atoms. The zero-order chi connectivity index (χ0) is 22.8. The summed E-state index contributed by atoms with van der Waals surface area (Å²) in [6.45, 7) is 1.97. The SMILES string of the molecule is COc1cc(OC)cc(C(=O)N2CCC3(C2)NCc2ccccc2NC3=NC2CCCC2)c1. The molecule has 7 nitrogen and oxygen atoms in total. The molecule has 1 unspecified atom stereocenters. The first-order valence-corrected chi connectivity index (χ1v) is 11.8.